The monoisotopic (exact) mass is 165 g/mol. The van der Waals surface area contributed by atoms with Gasteiger partial charge in [0.2, 0.25) is 0 Å². The molecule has 1 nitrogen and oxygen atoms in total. The summed E-state index contributed by atoms with van der Waals surface area (Å²) in [7, 11) is 0. The third kappa shape index (κ3) is 1.60. The van der Waals surface area contributed by atoms with Gasteiger partial charge >= 0.3 is 0 Å². The van der Waals surface area contributed by atoms with E-state index in [1.165, 1.54) is 19.3 Å². The van der Waals surface area contributed by atoms with Gasteiger partial charge in [-0.3, -0.25) is 4.99 Å². The number of aliphatic imine (C=N–C) groups is 1. The molecule has 0 N–H and O–H groups in total. The Kier molecular flexibility index (Phi) is 3.07. The quantitative estimate of drug-likeness (QED) is 0.606. The highest BCUT2D eigenvalue weighted by Crippen LogP contribution is 2.33. The van der Waals surface area contributed by atoms with Gasteiger partial charge in [0.15, 0.2) is 0 Å². The SMILES string of the molecule is CCCC1(C(C)CC)C=CC=N1. The van der Waals surface area contributed by atoms with Crippen LogP contribution in [0.3, 0.4) is 0 Å². The van der Waals surface area contributed by atoms with Gasteiger partial charge in [0, 0.05) is 6.21 Å². The second-order valence-electron chi connectivity index (χ2n) is 3.69. The van der Waals surface area contributed by atoms with Gasteiger partial charge in [-0.2, -0.15) is 0 Å². The van der Waals surface area contributed by atoms with Crippen LogP contribution in [-0.2, 0) is 0 Å². The van der Waals surface area contributed by atoms with Gasteiger partial charge in [0.1, 0.15) is 0 Å². The Balaban J connectivity index is 2.73. The number of rotatable bonds is 4. The van der Waals surface area contributed by atoms with Crippen molar-refractivity contribution in [2.75, 3.05) is 0 Å². The van der Waals surface area contributed by atoms with Crippen LogP contribution in [0.2, 0.25) is 0 Å². The van der Waals surface area contributed by atoms with Gasteiger partial charge in [0.05, 0.1) is 5.54 Å². The molecule has 0 amide bonds. The van der Waals surface area contributed by atoms with E-state index >= 15 is 0 Å². The summed E-state index contributed by atoms with van der Waals surface area (Å²) in [5.41, 5.74) is 0.142. The van der Waals surface area contributed by atoms with Gasteiger partial charge in [-0.15, -0.1) is 0 Å². The Hall–Kier alpha value is -0.590. The molecule has 2 atom stereocenters. The van der Waals surface area contributed by atoms with Crippen molar-refractivity contribution in [3.63, 3.8) is 0 Å². The Morgan fingerprint density at radius 2 is 2.17 bits per heavy atom. The summed E-state index contributed by atoms with van der Waals surface area (Å²) in [6.45, 7) is 6.76. The number of hydrogen-bond donors (Lipinski definition) is 0. The largest absolute Gasteiger partial charge is 0.282 e. The molecule has 0 aliphatic carbocycles. The first-order valence-corrected chi connectivity index (χ1v) is 4.98. The molecule has 0 saturated carbocycles. The second kappa shape index (κ2) is 3.88. The minimum Gasteiger partial charge on any atom is -0.282 e. The standard InChI is InChI=1S/C11H19N/c1-4-7-11(10(3)5-2)8-6-9-12-11/h6,8-10H,4-5,7H2,1-3H3. The molecule has 1 aliphatic heterocycles. The Morgan fingerprint density at radius 3 is 2.58 bits per heavy atom. The molecule has 1 rings (SSSR count). The highest BCUT2D eigenvalue weighted by Gasteiger charge is 2.31. The molecule has 0 spiro atoms. The minimum atomic E-state index is 0.142. The van der Waals surface area contributed by atoms with Crippen LogP contribution in [0.25, 0.3) is 0 Å². The number of allylic oxidation sites excluding steroid dienone is 1. The van der Waals surface area contributed by atoms with Crippen LogP contribution >= 0.6 is 0 Å². The van der Waals surface area contributed by atoms with E-state index in [-0.39, 0.29) is 5.54 Å². The average molecular weight is 165 g/mol. The minimum absolute atomic E-state index is 0.142. The summed E-state index contributed by atoms with van der Waals surface area (Å²) < 4.78 is 0. The van der Waals surface area contributed by atoms with Crippen LogP contribution in [0.1, 0.15) is 40.0 Å². The van der Waals surface area contributed by atoms with Crippen molar-refractivity contribution in [1.82, 2.24) is 0 Å². The lowest BCUT2D eigenvalue weighted by Crippen LogP contribution is -2.30. The fourth-order valence-corrected chi connectivity index (χ4v) is 1.87. The zero-order valence-electron chi connectivity index (χ0n) is 8.38. The Bertz CT molecular complexity index is 179. The molecule has 0 fully saturated rings. The average Bonchev–Trinajstić information content (AvgIpc) is 2.53. The van der Waals surface area contributed by atoms with E-state index in [2.05, 4.69) is 37.9 Å². The second-order valence-corrected chi connectivity index (χ2v) is 3.69. The van der Waals surface area contributed by atoms with Gasteiger partial charge in [-0.1, -0.05) is 39.7 Å². The molecule has 0 aromatic heterocycles. The smallest absolute Gasteiger partial charge is 0.0816 e. The van der Waals surface area contributed by atoms with Crippen molar-refractivity contribution >= 4 is 6.21 Å². The summed E-state index contributed by atoms with van der Waals surface area (Å²) in [5, 5.41) is 0. The maximum Gasteiger partial charge on any atom is 0.0816 e. The third-order valence-electron chi connectivity index (χ3n) is 2.90. The number of nitrogens with zero attached hydrogens (tertiary/aromatic N) is 1. The van der Waals surface area contributed by atoms with Crippen molar-refractivity contribution < 1.29 is 0 Å². The summed E-state index contributed by atoms with van der Waals surface area (Å²) in [6, 6.07) is 0. The van der Waals surface area contributed by atoms with Gasteiger partial charge in [0.25, 0.3) is 0 Å². The zero-order valence-corrected chi connectivity index (χ0v) is 8.38. The molecule has 1 aliphatic rings. The molecular weight excluding hydrogens is 146 g/mol. The summed E-state index contributed by atoms with van der Waals surface area (Å²) in [5.74, 6) is 0.674. The van der Waals surface area contributed by atoms with Crippen LogP contribution in [0, 0.1) is 5.92 Å². The molecule has 0 aromatic carbocycles. The lowest BCUT2D eigenvalue weighted by Gasteiger charge is -2.30. The lowest BCUT2D eigenvalue weighted by atomic mass is 9.81. The van der Waals surface area contributed by atoms with E-state index in [0.717, 1.165) is 0 Å². The van der Waals surface area contributed by atoms with Gasteiger partial charge < -0.3 is 0 Å². The fraction of sp³-hybridized carbons (Fsp3) is 0.727. The van der Waals surface area contributed by atoms with Gasteiger partial charge in [-0.05, 0) is 18.4 Å². The molecule has 2 unspecified atom stereocenters. The highest BCUT2D eigenvalue weighted by atomic mass is 14.9. The lowest BCUT2D eigenvalue weighted by molar-refractivity contribution is 0.332. The van der Waals surface area contributed by atoms with Crippen LogP contribution < -0.4 is 0 Å². The van der Waals surface area contributed by atoms with Gasteiger partial charge in [-0.25, -0.2) is 0 Å². The molecule has 0 bridgehead atoms. The first kappa shape index (κ1) is 9.50. The van der Waals surface area contributed by atoms with Crippen LogP contribution in [0.15, 0.2) is 17.1 Å². The topological polar surface area (TPSA) is 12.4 Å². The van der Waals surface area contributed by atoms with Crippen molar-refractivity contribution in [1.29, 1.82) is 0 Å². The van der Waals surface area contributed by atoms with Crippen molar-refractivity contribution in [3.8, 4) is 0 Å². The Labute approximate surface area is 75.6 Å². The van der Waals surface area contributed by atoms with Crippen molar-refractivity contribution in [2.24, 2.45) is 10.9 Å². The first-order valence-electron chi connectivity index (χ1n) is 4.98. The highest BCUT2D eigenvalue weighted by molar-refractivity contribution is 5.75. The first-order chi connectivity index (χ1) is 5.75. The molecule has 68 valence electrons. The molecule has 1 heteroatoms. The van der Waals surface area contributed by atoms with Crippen LogP contribution in [0.4, 0.5) is 0 Å². The summed E-state index contributed by atoms with van der Waals surface area (Å²) >= 11 is 0. The third-order valence-corrected chi connectivity index (χ3v) is 2.90. The molecular formula is C11H19N. The summed E-state index contributed by atoms with van der Waals surface area (Å²) in [4.78, 5) is 4.59. The molecule has 12 heavy (non-hydrogen) atoms. The van der Waals surface area contributed by atoms with Crippen LogP contribution in [0.5, 0.6) is 0 Å². The van der Waals surface area contributed by atoms with E-state index in [0.29, 0.717) is 5.92 Å². The maximum atomic E-state index is 4.59. The maximum absolute atomic E-state index is 4.59. The predicted molar refractivity (Wildman–Crippen MR) is 54.7 cm³/mol. The van der Waals surface area contributed by atoms with Crippen molar-refractivity contribution in [3.05, 3.63) is 12.2 Å². The van der Waals surface area contributed by atoms with E-state index in [1.54, 1.807) is 0 Å². The molecule has 0 saturated heterocycles. The van der Waals surface area contributed by atoms with E-state index in [4.69, 9.17) is 0 Å². The number of hydrogen-bond acceptors (Lipinski definition) is 1. The van der Waals surface area contributed by atoms with E-state index in [9.17, 15) is 0 Å². The zero-order chi connectivity index (χ0) is 9.03. The van der Waals surface area contributed by atoms with Crippen LogP contribution in [-0.4, -0.2) is 11.8 Å². The molecule has 0 radical (unpaired) electrons. The van der Waals surface area contributed by atoms with E-state index in [1.807, 2.05) is 6.21 Å². The predicted octanol–water partition coefficient (Wildman–Crippen LogP) is 3.21. The molecule has 1 heterocycles. The fourth-order valence-electron chi connectivity index (χ4n) is 1.87. The van der Waals surface area contributed by atoms with E-state index < -0.39 is 0 Å². The normalized spacial score (nSPS) is 29.6. The summed E-state index contributed by atoms with van der Waals surface area (Å²) in [6.07, 6.45) is 9.91. The molecule has 0 aromatic rings. The van der Waals surface area contributed by atoms with Crippen molar-refractivity contribution in [2.45, 2.75) is 45.6 Å². The Morgan fingerprint density at radius 1 is 1.42 bits per heavy atom.